The van der Waals surface area contributed by atoms with E-state index in [1.807, 2.05) is 36.4 Å². The average molecular weight is 952 g/mol. The molecule has 0 aliphatic carbocycles. The number of hydrogen-bond donors (Lipinski definition) is 0. The van der Waals surface area contributed by atoms with Crippen molar-refractivity contribution in [2.75, 3.05) is 73.8 Å². The summed E-state index contributed by atoms with van der Waals surface area (Å²) in [6, 6.07) is 21.8. The molecule has 1 aliphatic heterocycles. The van der Waals surface area contributed by atoms with E-state index in [9.17, 15) is 14.4 Å². The van der Waals surface area contributed by atoms with E-state index in [2.05, 4.69) is 35.5 Å². The minimum Gasteiger partial charge on any atom is -0.494 e. The number of unbranched alkanes of at least 4 members (excludes halogenated alkanes) is 21. The van der Waals surface area contributed by atoms with Gasteiger partial charge in [0, 0.05) is 39.3 Å². The zero-order chi connectivity index (χ0) is 49.0. The zero-order valence-corrected chi connectivity index (χ0v) is 43.7. The molecule has 0 saturated carbocycles. The maximum atomic E-state index is 13.8. The van der Waals surface area contributed by atoms with Crippen LogP contribution in [0.5, 0.6) is 17.2 Å². The van der Waals surface area contributed by atoms with Crippen molar-refractivity contribution in [3.05, 3.63) is 103 Å². The first-order chi connectivity index (χ1) is 33.9. The first kappa shape index (κ1) is 57.1. The van der Waals surface area contributed by atoms with Crippen LogP contribution >= 0.6 is 0 Å². The van der Waals surface area contributed by atoms with E-state index in [-0.39, 0.29) is 16.3 Å². The maximum Gasteiger partial charge on any atom is 0.201 e. The smallest absolute Gasteiger partial charge is 0.201 e. The van der Waals surface area contributed by atoms with Gasteiger partial charge in [0.25, 0.3) is 0 Å². The molecule has 0 unspecified atom stereocenters. The lowest BCUT2D eigenvalue weighted by Gasteiger charge is -2.31. The van der Waals surface area contributed by atoms with Gasteiger partial charge in [-0.25, -0.2) is 0 Å². The Hall–Kier alpha value is -4.53. The van der Waals surface area contributed by atoms with Crippen molar-refractivity contribution >= 4 is 17.1 Å². The van der Waals surface area contributed by atoms with Gasteiger partial charge in [0.05, 0.1) is 36.9 Å². The molecule has 3 aromatic rings. The van der Waals surface area contributed by atoms with Crippen molar-refractivity contribution in [2.24, 2.45) is 0 Å². The van der Waals surface area contributed by atoms with Gasteiger partial charge in [-0.05, 0) is 111 Å². The summed E-state index contributed by atoms with van der Waals surface area (Å²) < 4.78 is 18.5. The lowest BCUT2D eigenvalue weighted by Crippen LogP contribution is -2.39. The highest BCUT2D eigenvalue weighted by Gasteiger charge is 2.18. The number of ether oxygens (including phenoxy) is 3. The fourth-order valence-electron chi connectivity index (χ4n) is 9.39. The van der Waals surface area contributed by atoms with Crippen LogP contribution in [0.1, 0.15) is 194 Å². The summed E-state index contributed by atoms with van der Waals surface area (Å²) >= 11 is 0. The molecule has 1 fully saturated rings. The number of rotatable bonds is 33. The molecule has 0 amide bonds. The third-order valence-corrected chi connectivity index (χ3v) is 13.6. The molecule has 3 aromatic carbocycles. The molecule has 1 aliphatic rings. The van der Waals surface area contributed by atoms with Crippen LogP contribution in [0.2, 0.25) is 0 Å². The van der Waals surface area contributed by atoms with E-state index in [0.29, 0.717) is 93.4 Å². The monoisotopic (exact) mass is 952 g/mol. The summed E-state index contributed by atoms with van der Waals surface area (Å²) in [6.07, 6.45) is 31.9. The lowest BCUT2D eigenvalue weighted by atomic mass is 10.1. The van der Waals surface area contributed by atoms with Gasteiger partial charge in [0.2, 0.25) is 16.3 Å². The Morgan fingerprint density at radius 3 is 0.768 bits per heavy atom. The number of hydrogen-bond acceptors (Lipinski definition) is 9. The minimum atomic E-state index is -0.0504. The Bertz CT molecular complexity index is 1760. The van der Waals surface area contributed by atoms with Gasteiger partial charge in [0.15, 0.2) is 0 Å². The van der Waals surface area contributed by atoms with Crippen LogP contribution in [0, 0.1) is 0 Å². The van der Waals surface area contributed by atoms with Crippen LogP contribution in [0.4, 0.5) is 17.1 Å². The van der Waals surface area contributed by atoms with Crippen molar-refractivity contribution < 1.29 is 14.2 Å². The first-order valence-corrected chi connectivity index (χ1v) is 28.0. The van der Waals surface area contributed by atoms with E-state index < -0.39 is 0 Å². The molecule has 0 spiro atoms. The Labute approximate surface area is 418 Å². The molecule has 0 N–H and O–H groups in total. The topological polar surface area (TPSA) is 88.6 Å². The van der Waals surface area contributed by atoms with E-state index in [1.165, 1.54) is 116 Å². The normalized spacial score (nSPS) is 13.7. The van der Waals surface area contributed by atoms with Crippen LogP contribution in [0.15, 0.2) is 87.2 Å². The minimum absolute atomic E-state index is 0.0504. The second-order valence-corrected chi connectivity index (χ2v) is 19.4. The summed E-state index contributed by atoms with van der Waals surface area (Å²) in [6.45, 7) is 12.5. The van der Waals surface area contributed by atoms with Gasteiger partial charge in [-0.3, -0.25) is 14.4 Å². The Morgan fingerprint density at radius 2 is 0.522 bits per heavy atom. The van der Waals surface area contributed by atoms with E-state index in [0.717, 1.165) is 57.8 Å². The maximum absolute atomic E-state index is 13.8. The van der Waals surface area contributed by atoms with Crippen molar-refractivity contribution in [1.29, 1.82) is 0 Å². The van der Waals surface area contributed by atoms with Crippen molar-refractivity contribution in [2.45, 2.75) is 194 Å². The summed E-state index contributed by atoms with van der Waals surface area (Å²) in [5.74, 6) is 2.11. The second kappa shape index (κ2) is 36.4. The second-order valence-electron chi connectivity index (χ2n) is 19.4. The standard InChI is InChI=1S/C60H93N3O6/c1-4-7-10-13-16-19-22-25-49-67-52-31-37-55(58(64)40-34-52)61-43-28-45-62(56-38-32-53(35-41-59(56)65)68-50-26-23-20-17-14-11-8-5-2)47-30-48-63(46-29-44-61)57-39-33-54(36-42-60(57)66)69-51-27-24-21-18-15-12-9-6-3/h31-42H,4-30,43-51H2,1-3H3. The molecule has 0 bridgehead atoms. The van der Waals surface area contributed by atoms with Crippen LogP contribution < -0.4 is 45.2 Å². The predicted molar refractivity (Wildman–Crippen MR) is 293 cm³/mol. The summed E-state index contributed by atoms with van der Waals surface area (Å²) in [7, 11) is 0. The largest absolute Gasteiger partial charge is 0.494 e. The van der Waals surface area contributed by atoms with Crippen molar-refractivity contribution in [3.63, 3.8) is 0 Å². The van der Waals surface area contributed by atoms with Crippen LogP contribution in [-0.2, 0) is 0 Å². The van der Waals surface area contributed by atoms with Gasteiger partial charge in [-0.15, -0.1) is 0 Å². The number of anilines is 3. The van der Waals surface area contributed by atoms with E-state index in [4.69, 9.17) is 14.2 Å². The third-order valence-electron chi connectivity index (χ3n) is 13.6. The quantitative estimate of drug-likeness (QED) is 0.0554. The highest BCUT2D eigenvalue weighted by atomic mass is 16.5. The Kier molecular flexibility index (Phi) is 30.1. The molecule has 0 aromatic heterocycles. The van der Waals surface area contributed by atoms with E-state index >= 15 is 0 Å². The predicted octanol–water partition coefficient (Wildman–Crippen LogP) is 14.3. The van der Waals surface area contributed by atoms with Crippen molar-refractivity contribution in [3.8, 4) is 17.2 Å². The zero-order valence-electron chi connectivity index (χ0n) is 43.7. The van der Waals surface area contributed by atoms with Crippen LogP contribution in [0.25, 0.3) is 0 Å². The molecular formula is C60H93N3O6. The fraction of sp³-hybridized carbons (Fsp3) is 0.650. The highest BCUT2D eigenvalue weighted by Crippen LogP contribution is 2.21. The fourth-order valence-corrected chi connectivity index (χ4v) is 9.39. The molecule has 69 heavy (non-hydrogen) atoms. The highest BCUT2D eigenvalue weighted by molar-refractivity contribution is 5.50. The summed E-state index contributed by atoms with van der Waals surface area (Å²) in [5, 5.41) is 0. The molecule has 9 nitrogen and oxygen atoms in total. The molecule has 384 valence electrons. The molecule has 1 heterocycles. The average Bonchev–Trinajstić information content (AvgIpc) is 3.75. The van der Waals surface area contributed by atoms with E-state index in [1.54, 1.807) is 36.4 Å². The van der Waals surface area contributed by atoms with Gasteiger partial charge >= 0.3 is 0 Å². The molecule has 9 heteroatoms. The van der Waals surface area contributed by atoms with Gasteiger partial charge in [-0.1, -0.05) is 156 Å². The first-order valence-electron chi connectivity index (χ1n) is 28.0. The molecular weight excluding hydrogens is 859 g/mol. The summed E-state index contributed by atoms with van der Waals surface area (Å²) in [4.78, 5) is 47.9. The molecule has 0 radical (unpaired) electrons. The van der Waals surface area contributed by atoms with Crippen LogP contribution in [0.3, 0.4) is 0 Å². The summed E-state index contributed by atoms with van der Waals surface area (Å²) in [5.41, 5.74) is 1.75. The van der Waals surface area contributed by atoms with Gasteiger partial charge in [-0.2, -0.15) is 0 Å². The Balaban J connectivity index is 1.48. The van der Waals surface area contributed by atoms with Gasteiger partial charge < -0.3 is 28.9 Å². The SMILES string of the molecule is CCCCCCCCCCOc1ccc(N2CCCN(c3ccc(OCCCCCCCCCC)ccc3=O)CCCN(c3ccc(OCCCCCCCCCC)ccc3=O)CCC2)c(=O)cc1. The number of nitrogens with zero attached hydrogens (tertiary/aromatic N) is 3. The third kappa shape index (κ3) is 23.8. The van der Waals surface area contributed by atoms with Crippen molar-refractivity contribution in [1.82, 2.24) is 0 Å². The molecule has 0 atom stereocenters. The Morgan fingerprint density at radius 1 is 0.304 bits per heavy atom. The molecule has 1 saturated heterocycles. The lowest BCUT2D eigenvalue weighted by molar-refractivity contribution is 0.304. The van der Waals surface area contributed by atoms with Gasteiger partial charge in [0.1, 0.15) is 17.2 Å². The van der Waals surface area contributed by atoms with Crippen LogP contribution in [-0.4, -0.2) is 59.1 Å². The molecule has 4 rings (SSSR count).